The van der Waals surface area contributed by atoms with Gasteiger partial charge in [-0.15, -0.1) is 11.3 Å². The Bertz CT molecular complexity index is 1040. The smallest absolute Gasteiger partial charge is 0.349 e. The quantitative estimate of drug-likeness (QED) is 0.589. The van der Waals surface area contributed by atoms with Crippen molar-refractivity contribution < 1.29 is 18.7 Å². The van der Waals surface area contributed by atoms with Gasteiger partial charge in [-0.3, -0.25) is 4.79 Å². The monoisotopic (exact) mass is 400 g/mol. The number of amides is 1. The summed E-state index contributed by atoms with van der Waals surface area (Å²) in [4.78, 5) is 32.2. The molecule has 146 valence electrons. The Hall–Kier alpha value is -2.80. The summed E-state index contributed by atoms with van der Waals surface area (Å²) in [5.41, 5.74) is 3.31. The highest BCUT2D eigenvalue weighted by atomic mass is 32.1. The van der Waals surface area contributed by atoms with Crippen LogP contribution in [-0.4, -0.2) is 30.0 Å². The van der Waals surface area contributed by atoms with Crippen molar-refractivity contribution in [1.29, 1.82) is 0 Å². The number of esters is 1. The van der Waals surface area contributed by atoms with Crippen LogP contribution in [0.15, 0.2) is 30.3 Å². The van der Waals surface area contributed by atoms with Gasteiger partial charge < -0.3 is 9.64 Å². The van der Waals surface area contributed by atoms with Gasteiger partial charge in [-0.05, 0) is 69.2 Å². The molecule has 1 aromatic carbocycles. The van der Waals surface area contributed by atoms with Crippen LogP contribution in [0.2, 0.25) is 0 Å². The molecule has 0 saturated carbocycles. The van der Waals surface area contributed by atoms with E-state index in [2.05, 4.69) is 4.98 Å². The minimum absolute atomic E-state index is 0.369. The molecule has 0 saturated heterocycles. The van der Waals surface area contributed by atoms with Gasteiger partial charge in [0.1, 0.15) is 15.5 Å². The highest BCUT2D eigenvalue weighted by Gasteiger charge is 2.22. The lowest BCUT2D eigenvalue weighted by atomic mass is 10.1. The fraction of sp³-hybridized carbons (Fsp3) is 0.286. The van der Waals surface area contributed by atoms with Gasteiger partial charge in [0.05, 0.1) is 0 Å². The van der Waals surface area contributed by atoms with Gasteiger partial charge in [0, 0.05) is 23.3 Å². The molecule has 3 aromatic rings. The Kier molecular flexibility index (Phi) is 5.74. The van der Waals surface area contributed by atoms with Gasteiger partial charge in [-0.1, -0.05) is 0 Å². The fourth-order valence-electron chi connectivity index (χ4n) is 3.21. The summed E-state index contributed by atoms with van der Waals surface area (Å²) in [6, 6.07) is 7.59. The number of carbonyl (C=O) groups is 2. The topological polar surface area (TPSA) is 59.5 Å². The van der Waals surface area contributed by atoms with Crippen molar-refractivity contribution in [2.24, 2.45) is 0 Å². The zero-order valence-electron chi connectivity index (χ0n) is 16.2. The normalized spacial score (nSPS) is 10.9. The maximum atomic E-state index is 13.1. The van der Waals surface area contributed by atoms with Crippen LogP contribution in [0.1, 0.15) is 33.4 Å². The second-order valence-electron chi connectivity index (χ2n) is 6.51. The van der Waals surface area contributed by atoms with E-state index in [9.17, 15) is 14.0 Å². The van der Waals surface area contributed by atoms with Gasteiger partial charge in [-0.25, -0.2) is 14.2 Å². The average Bonchev–Trinajstić information content (AvgIpc) is 2.98. The van der Waals surface area contributed by atoms with Crippen molar-refractivity contribution in [2.75, 3.05) is 18.1 Å². The lowest BCUT2D eigenvalue weighted by Gasteiger charge is -2.20. The lowest BCUT2D eigenvalue weighted by Crippen LogP contribution is -2.34. The van der Waals surface area contributed by atoms with Crippen molar-refractivity contribution in [3.05, 3.63) is 57.8 Å². The first kappa shape index (κ1) is 19.9. The number of carbonyl (C=O) groups excluding carboxylic acids is 2. The first-order valence-electron chi connectivity index (χ1n) is 8.92. The van der Waals surface area contributed by atoms with Crippen LogP contribution >= 0.6 is 11.3 Å². The summed E-state index contributed by atoms with van der Waals surface area (Å²) in [6.45, 7) is 7.55. The van der Waals surface area contributed by atoms with Gasteiger partial charge in [0.25, 0.3) is 5.91 Å². The number of aryl methyl sites for hydroxylation is 3. The number of pyridine rings is 1. The van der Waals surface area contributed by atoms with E-state index in [4.69, 9.17) is 4.74 Å². The molecule has 3 rings (SSSR count). The Labute approximate surface area is 166 Å². The predicted octanol–water partition coefficient (Wildman–Crippen LogP) is 4.57. The maximum Gasteiger partial charge on any atom is 0.349 e. The largest absolute Gasteiger partial charge is 0.451 e. The van der Waals surface area contributed by atoms with Gasteiger partial charge in [-0.2, -0.15) is 0 Å². The number of fused-ring (bicyclic) bond motifs is 1. The number of aromatic nitrogens is 1. The summed E-state index contributed by atoms with van der Waals surface area (Å²) in [7, 11) is 0. The number of thiophene rings is 1. The second kappa shape index (κ2) is 8.06. The number of anilines is 1. The van der Waals surface area contributed by atoms with E-state index in [0.717, 1.165) is 27.0 Å². The van der Waals surface area contributed by atoms with Crippen molar-refractivity contribution in [3.63, 3.8) is 0 Å². The molecule has 0 fully saturated rings. The number of rotatable bonds is 5. The summed E-state index contributed by atoms with van der Waals surface area (Å²) < 4.78 is 18.4. The lowest BCUT2D eigenvalue weighted by molar-refractivity contribution is -0.121. The van der Waals surface area contributed by atoms with Crippen molar-refractivity contribution in [1.82, 2.24) is 4.98 Å². The van der Waals surface area contributed by atoms with Gasteiger partial charge in [0.2, 0.25) is 0 Å². The highest BCUT2D eigenvalue weighted by Crippen LogP contribution is 2.32. The number of ether oxygens (including phenoxy) is 1. The SMILES string of the molecule is CCN(C(=O)COC(=O)c1sc2nc(C)cc(C)c2c1C)c1ccc(F)cc1. The summed E-state index contributed by atoms with van der Waals surface area (Å²) >= 11 is 1.27. The van der Waals surface area contributed by atoms with Crippen molar-refractivity contribution in [3.8, 4) is 0 Å². The van der Waals surface area contributed by atoms with Crippen LogP contribution in [-0.2, 0) is 9.53 Å². The first-order chi connectivity index (χ1) is 13.3. The second-order valence-corrected chi connectivity index (χ2v) is 7.51. The van der Waals surface area contributed by atoms with Crippen molar-refractivity contribution >= 4 is 39.1 Å². The Morgan fingerprint density at radius 3 is 2.50 bits per heavy atom. The van der Waals surface area contributed by atoms with Gasteiger partial charge in [0.15, 0.2) is 6.61 Å². The average molecular weight is 400 g/mol. The predicted molar refractivity (Wildman–Crippen MR) is 109 cm³/mol. The van der Waals surface area contributed by atoms with Crippen LogP contribution < -0.4 is 4.90 Å². The molecule has 0 aliphatic rings. The molecule has 2 heterocycles. The number of benzene rings is 1. The Morgan fingerprint density at radius 2 is 1.86 bits per heavy atom. The van der Waals surface area contributed by atoms with Gasteiger partial charge >= 0.3 is 5.97 Å². The van der Waals surface area contributed by atoms with E-state index in [-0.39, 0.29) is 18.3 Å². The molecule has 0 unspecified atom stereocenters. The minimum atomic E-state index is -0.541. The third-order valence-corrected chi connectivity index (χ3v) is 5.66. The molecule has 0 bridgehead atoms. The van der Waals surface area contributed by atoms with E-state index >= 15 is 0 Å². The highest BCUT2D eigenvalue weighted by molar-refractivity contribution is 7.20. The number of hydrogen-bond acceptors (Lipinski definition) is 5. The molecule has 0 aliphatic heterocycles. The molecular weight excluding hydrogens is 379 g/mol. The number of hydrogen-bond donors (Lipinski definition) is 0. The molecule has 5 nitrogen and oxygen atoms in total. The van der Waals surface area contributed by atoms with Crippen LogP contribution in [0.25, 0.3) is 10.2 Å². The number of halogens is 1. The molecular formula is C21H21FN2O3S. The Balaban J connectivity index is 1.75. The molecule has 0 spiro atoms. The summed E-state index contributed by atoms with van der Waals surface area (Å²) in [5, 5.41) is 0.954. The molecule has 0 radical (unpaired) electrons. The summed E-state index contributed by atoms with van der Waals surface area (Å²) in [5.74, 6) is -1.29. The molecule has 28 heavy (non-hydrogen) atoms. The zero-order valence-corrected chi connectivity index (χ0v) is 17.0. The molecule has 0 atom stereocenters. The fourth-order valence-corrected chi connectivity index (χ4v) is 4.41. The third kappa shape index (κ3) is 3.89. The van der Waals surface area contributed by atoms with E-state index in [0.29, 0.717) is 17.1 Å². The van der Waals surface area contributed by atoms with Crippen LogP contribution in [0.4, 0.5) is 10.1 Å². The van der Waals surface area contributed by atoms with E-state index in [1.54, 1.807) is 6.92 Å². The van der Waals surface area contributed by atoms with Crippen molar-refractivity contribution in [2.45, 2.75) is 27.7 Å². The molecule has 7 heteroatoms. The zero-order chi connectivity index (χ0) is 20.4. The maximum absolute atomic E-state index is 13.1. The standard InChI is InChI=1S/C21H21FN2O3S/c1-5-24(16-8-6-15(22)7-9-16)17(25)11-27-21(26)19-14(4)18-12(2)10-13(3)23-20(18)28-19/h6-10H,5,11H2,1-4H3. The van der Waals surface area contributed by atoms with Crippen LogP contribution in [0.5, 0.6) is 0 Å². The molecule has 2 aromatic heterocycles. The Morgan fingerprint density at radius 1 is 1.18 bits per heavy atom. The molecule has 0 aliphatic carbocycles. The third-order valence-electron chi connectivity index (χ3n) is 4.49. The minimum Gasteiger partial charge on any atom is -0.451 e. The number of likely N-dealkylation sites (N-methyl/N-ethyl adjacent to an activating group) is 1. The number of nitrogens with zero attached hydrogens (tertiary/aromatic N) is 2. The van der Waals surface area contributed by atoms with E-state index < -0.39 is 5.97 Å². The first-order valence-corrected chi connectivity index (χ1v) is 9.73. The van der Waals surface area contributed by atoms with E-state index in [1.165, 1.54) is 40.5 Å². The molecule has 0 N–H and O–H groups in total. The van der Waals surface area contributed by atoms with Crippen LogP contribution in [0.3, 0.4) is 0 Å². The molecule has 1 amide bonds. The van der Waals surface area contributed by atoms with E-state index in [1.807, 2.05) is 26.8 Å². The van der Waals surface area contributed by atoms with Crippen LogP contribution in [0, 0.1) is 26.6 Å². The summed E-state index contributed by atoms with van der Waals surface area (Å²) in [6.07, 6.45) is 0.